The highest BCUT2D eigenvalue weighted by Crippen LogP contribution is 2.23. The Kier molecular flexibility index (Phi) is 2.21. The van der Waals surface area contributed by atoms with Gasteiger partial charge in [0.05, 0.1) is 16.6 Å². The number of benzene rings is 1. The minimum Gasteiger partial charge on any atom is -0.369 e. The molecule has 2 aromatic rings. The van der Waals surface area contributed by atoms with Crippen molar-refractivity contribution in [2.45, 2.75) is 13.3 Å². The van der Waals surface area contributed by atoms with E-state index in [4.69, 9.17) is 5.73 Å². The molecule has 0 atom stereocenters. The fourth-order valence-electron chi connectivity index (χ4n) is 1.30. The van der Waals surface area contributed by atoms with Crippen LogP contribution in [0.3, 0.4) is 0 Å². The van der Waals surface area contributed by atoms with Gasteiger partial charge >= 0.3 is 0 Å². The number of aromatic nitrogens is 1. The molecule has 0 bridgehead atoms. The van der Waals surface area contributed by atoms with E-state index in [0.29, 0.717) is 0 Å². The zero-order chi connectivity index (χ0) is 10.1. The predicted molar refractivity (Wildman–Crippen MR) is 57.3 cm³/mol. The molecule has 0 fully saturated rings. The number of nitrogens with two attached hydrogens (primary N) is 1. The highest BCUT2D eigenvalue weighted by Gasteiger charge is 2.05. The van der Waals surface area contributed by atoms with E-state index in [2.05, 4.69) is 11.1 Å². The number of fused-ring (bicyclic) bond motifs is 1. The molecule has 14 heavy (non-hydrogen) atoms. The van der Waals surface area contributed by atoms with Gasteiger partial charge in [-0.15, -0.1) is 11.3 Å². The summed E-state index contributed by atoms with van der Waals surface area (Å²) in [4.78, 5) is 15.0. The number of rotatable bonds is 2. The van der Waals surface area contributed by atoms with Crippen molar-refractivity contribution >= 4 is 27.5 Å². The highest BCUT2D eigenvalue weighted by atomic mass is 32.1. The normalized spacial score (nSPS) is 10.6. The van der Waals surface area contributed by atoms with Crippen molar-refractivity contribution in [3.8, 4) is 0 Å². The molecule has 2 N–H and O–H groups in total. The second-order valence-electron chi connectivity index (χ2n) is 3.22. The van der Waals surface area contributed by atoms with E-state index in [1.807, 2.05) is 19.1 Å². The lowest BCUT2D eigenvalue weighted by molar-refractivity contribution is -0.117. The first kappa shape index (κ1) is 9.15. The molecule has 1 heterocycles. The number of carbonyl (C=O) groups excluding carboxylic acids is 1. The molecule has 3 nitrogen and oxygen atoms in total. The third-order valence-corrected chi connectivity index (χ3v) is 2.93. The van der Waals surface area contributed by atoms with E-state index < -0.39 is 0 Å². The van der Waals surface area contributed by atoms with Crippen LogP contribution in [0.15, 0.2) is 18.2 Å². The molecule has 0 aliphatic heterocycles. The maximum absolute atomic E-state index is 10.7. The van der Waals surface area contributed by atoms with Crippen molar-refractivity contribution < 1.29 is 4.79 Å². The Bertz CT molecular complexity index is 490. The van der Waals surface area contributed by atoms with Gasteiger partial charge in [0, 0.05) is 0 Å². The van der Waals surface area contributed by atoms with Gasteiger partial charge in [0.1, 0.15) is 5.01 Å². The van der Waals surface area contributed by atoms with Gasteiger partial charge in [-0.05, 0) is 24.6 Å². The summed E-state index contributed by atoms with van der Waals surface area (Å²) in [6.07, 6.45) is 0.235. The second-order valence-corrected chi connectivity index (χ2v) is 4.34. The van der Waals surface area contributed by atoms with Crippen LogP contribution < -0.4 is 5.73 Å². The van der Waals surface area contributed by atoms with Gasteiger partial charge in [-0.3, -0.25) is 4.79 Å². The van der Waals surface area contributed by atoms with E-state index in [9.17, 15) is 4.79 Å². The number of carbonyl (C=O) groups is 1. The molecule has 1 aromatic carbocycles. The van der Waals surface area contributed by atoms with Gasteiger partial charge < -0.3 is 5.73 Å². The van der Waals surface area contributed by atoms with Crippen LogP contribution >= 0.6 is 11.3 Å². The Hall–Kier alpha value is -1.42. The quantitative estimate of drug-likeness (QED) is 0.812. The summed E-state index contributed by atoms with van der Waals surface area (Å²) in [5.74, 6) is -0.333. The van der Waals surface area contributed by atoms with E-state index in [-0.39, 0.29) is 12.3 Å². The summed E-state index contributed by atoms with van der Waals surface area (Å²) in [6, 6.07) is 6.04. The van der Waals surface area contributed by atoms with E-state index >= 15 is 0 Å². The van der Waals surface area contributed by atoms with Crippen molar-refractivity contribution in [2.75, 3.05) is 0 Å². The topological polar surface area (TPSA) is 56.0 Å². The van der Waals surface area contributed by atoms with Gasteiger partial charge in [0.2, 0.25) is 5.91 Å². The van der Waals surface area contributed by atoms with Gasteiger partial charge in [0.25, 0.3) is 0 Å². The number of hydrogen-bond donors (Lipinski definition) is 1. The second kappa shape index (κ2) is 3.38. The molecule has 0 aliphatic rings. The van der Waals surface area contributed by atoms with Gasteiger partial charge in [-0.2, -0.15) is 0 Å². The Morgan fingerprint density at radius 3 is 3.07 bits per heavy atom. The average Bonchev–Trinajstić information content (AvgIpc) is 2.44. The molecule has 0 radical (unpaired) electrons. The Morgan fingerprint density at radius 2 is 2.36 bits per heavy atom. The van der Waals surface area contributed by atoms with Gasteiger partial charge in [-0.25, -0.2) is 4.98 Å². The molecule has 0 saturated heterocycles. The van der Waals surface area contributed by atoms with Crippen LogP contribution in [-0.4, -0.2) is 10.9 Å². The van der Waals surface area contributed by atoms with Gasteiger partial charge in [0.15, 0.2) is 0 Å². The molecule has 1 aromatic heterocycles. The molecular weight excluding hydrogens is 196 g/mol. The van der Waals surface area contributed by atoms with Crippen LogP contribution in [0.4, 0.5) is 0 Å². The third kappa shape index (κ3) is 1.75. The smallest absolute Gasteiger partial charge is 0.224 e. The SMILES string of the molecule is Cc1ccc2nc(CC(N)=O)sc2c1. The summed E-state index contributed by atoms with van der Waals surface area (Å²) < 4.78 is 1.11. The summed E-state index contributed by atoms with van der Waals surface area (Å²) in [5, 5.41) is 0.790. The first-order chi connectivity index (χ1) is 6.65. The number of aryl methyl sites for hydroxylation is 1. The monoisotopic (exact) mass is 206 g/mol. The van der Waals surface area contributed by atoms with Gasteiger partial charge in [-0.1, -0.05) is 6.07 Å². The number of thiazole rings is 1. The average molecular weight is 206 g/mol. The number of nitrogens with zero attached hydrogens (tertiary/aromatic N) is 1. The van der Waals surface area contributed by atoms with Crippen molar-refractivity contribution in [1.29, 1.82) is 0 Å². The van der Waals surface area contributed by atoms with Crippen LogP contribution in [0.2, 0.25) is 0 Å². The Morgan fingerprint density at radius 1 is 1.57 bits per heavy atom. The fourth-order valence-corrected chi connectivity index (χ4v) is 2.38. The molecule has 0 spiro atoms. The molecule has 0 aliphatic carbocycles. The molecular formula is C10H10N2OS. The maximum atomic E-state index is 10.7. The summed E-state index contributed by atoms with van der Waals surface area (Å²) in [5.41, 5.74) is 7.25. The van der Waals surface area contributed by atoms with Crippen molar-refractivity contribution in [3.05, 3.63) is 28.8 Å². The fraction of sp³-hybridized carbons (Fsp3) is 0.200. The lowest BCUT2D eigenvalue weighted by atomic mass is 10.2. The van der Waals surface area contributed by atoms with Crippen LogP contribution in [-0.2, 0) is 11.2 Å². The van der Waals surface area contributed by atoms with E-state index in [1.54, 1.807) is 0 Å². The highest BCUT2D eigenvalue weighted by molar-refractivity contribution is 7.18. The summed E-state index contributed by atoms with van der Waals surface area (Å²) >= 11 is 1.53. The maximum Gasteiger partial charge on any atom is 0.224 e. The molecule has 4 heteroatoms. The molecule has 0 unspecified atom stereocenters. The summed E-state index contributed by atoms with van der Waals surface area (Å²) in [7, 11) is 0. The van der Waals surface area contributed by atoms with Crippen LogP contribution in [0.1, 0.15) is 10.6 Å². The Labute approximate surface area is 85.6 Å². The zero-order valence-corrected chi connectivity index (χ0v) is 8.60. The lowest BCUT2D eigenvalue weighted by Crippen LogP contribution is -2.13. The molecule has 0 saturated carbocycles. The number of amides is 1. The molecule has 1 amide bonds. The summed E-state index contributed by atoms with van der Waals surface area (Å²) in [6.45, 7) is 2.03. The first-order valence-corrected chi connectivity index (χ1v) is 5.11. The van der Waals surface area contributed by atoms with Crippen molar-refractivity contribution in [3.63, 3.8) is 0 Å². The molecule has 72 valence electrons. The van der Waals surface area contributed by atoms with Crippen molar-refractivity contribution in [1.82, 2.24) is 4.98 Å². The molecule has 2 rings (SSSR count). The minimum atomic E-state index is -0.333. The van der Waals surface area contributed by atoms with Crippen LogP contribution in [0.5, 0.6) is 0 Å². The number of primary amides is 1. The standard InChI is InChI=1S/C10H10N2OS/c1-6-2-3-7-8(4-6)14-10(12-7)5-9(11)13/h2-4H,5H2,1H3,(H2,11,13). The lowest BCUT2D eigenvalue weighted by Gasteiger charge is -1.88. The third-order valence-electron chi connectivity index (χ3n) is 1.91. The number of hydrogen-bond acceptors (Lipinski definition) is 3. The van der Waals surface area contributed by atoms with Crippen LogP contribution in [0, 0.1) is 6.92 Å². The largest absolute Gasteiger partial charge is 0.369 e. The van der Waals surface area contributed by atoms with E-state index in [1.165, 1.54) is 16.9 Å². The zero-order valence-electron chi connectivity index (χ0n) is 7.78. The van der Waals surface area contributed by atoms with Crippen LogP contribution in [0.25, 0.3) is 10.2 Å². The van der Waals surface area contributed by atoms with Crippen molar-refractivity contribution in [2.24, 2.45) is 5.73 Å². The van der Waals surface area contributed by atoms with E-state index in [0.717, 1.165) is 15.2 Å². The predicted octanol–water partition coefficient (Wildman–Crippen LogP) is 1.63. The Balaban J connectivity index is 2.46. The first-order valence-electron chi connectivity index (χ1n) is 4.29. The minimum absolute atomic E-state index is 0.235.